The predicted molar refractivity (Wildman–Crippen MR) is 43.3 cm³/mol. The van der Waals surface area contributed by atoms with Crippen molar-refractivity contribution in [3.05, 3.63) is 10.4 Å². The molecular weight excluding hydrogens is 176 g/mol. The first-order valence-corrected chi connectivity index (χ1v) is 3.74. The highest BCUT2D eigenvalue weighted by atomic mass is 16.5. The molecule has 0 spiro atoms. The summed E-state index contributed by atoms with van der Waals surface area (Å²) >= 11 is 0. The molecule has 0 aromatic heterocycles. The van der Waals surface area contributed by atoms with Gasteiger partial charge in [0.1, 0.15) is 0 Å². The smallest absolute Gasteiger partial charge is 0.407 e. The van der Waals surface area contributed by atoms with Gasteiger partial charge in [-0.25, -0.2) is 4.79 Å². The number of nitrogens with zero attached hydrogens (tertiary/aromatic N) is 4. The highest BCUT2D eigenvalue weighted by Gasteiger charge is 2.34. The standard InChI is InChI=1S/C6H10N4O3/c1-13-5-3-10(6(11)12)2-4(5)8-9-7/h4-5H,2-3H2,1H3,(H,11,12)/t4-,5-/m0/s1. The molecule has 1 fully saturated rings. The van der Waals surface area contributed by atoms with Crippen molar-refractivity contribution in [3.63, 3.8) is 0 Å². The summed E-state index contributed by atoms with van der Waals surface area (Å²) in [6.45, 7) is 0.466. The Morgan fingerprint density at radius 1 is 1.77 bits per heavy atom. The molecule has 0 aliphatic carbocycles. The summed E-state index contributed by atoms with van der Waals surface area (Å²) < 4.78 is 4.99. The third-order valence-corrected chi connectivity index (χ3v) is 2.01. The van der Waals surface area contributed by atoms with Gasteiger partial charge in [-0.2, -0.15) is 0 Å². The molecule has 1 heterocycles. The number of carbonyl (C=O) groups is 1. The fraction of sp³-hybridized carbons (Fsp3) is 0.833. The van der Waals surface area contributed by atoms with Gasteiger partial charge in [-0.15, -0.1) is 0 Å². The van der Waals surface area contributed by atoms with Gasteiger partial charge in [0.05, 0.1) is 18.7 Å². The number of methoxy groups -OCH3 is 1. The van der Waals surface area contributed by atoms with Crippen LogP contribution in [0, 0.1) is 0 Å². The molecule has 1 aliphatic rings. The molecule has 1 saturated heterocycles. The Morgan fingerprint density at radius 3 is 2.92 bits per heavy atom. The Hall–Kier alpha value is -1.46. The van der Waals surface area contributed by atoms with Crippen molar-refractivity contribution in [2.45, 2.75) is 12.1 Å². The Labute approximate surface area is 74.5 Å². The lowest BCUT2D eigenvalue weighted by atomic mass is 10.2. The minimum Gasteiger partial charge on any atom is -0.465 e. The molecule has 1 N–H and O–H groups in total. The molecule has 0 aromatic carbocycles. The summed E-state index contributed by atoms with van der Waals surface area (Å²) in [5.74, 6) is 0. The zero-order chi connectivity index (χ0) is 9.84. The van der Waals surface area contributed by atoms with Gasteiger partial charge in [0.2, 0.25) is 0 Å². The molecular formula is C6H10N4O3. The Kier molecular flexibility index (Phi) is 2.94. The summed E-state index contributed by atoms with van der Waals surface area (Å²) in [5.41, 5.74) is 8.20. The minimum absolute atomic E-state index is 0.206. The van der Waals surface area contributed by atoms with Crippen LogP contribution in [0.5, 0.6) is 0 Å². The first kappa shape index (κ1) is 9.63. The number of carboxylic acid groups (broad SMARTS) is 1. The molecule has 0 bridgehead atoms. The Balaban J connectivity index is 2.66. The monoisotopic (exact) mass is 186 g/mol. The summed E-state index contributed by atoms with van der Waals surface area (Å²) in [6, 6.07) is -0.411. The van der Waals surface area contributed by atoms with Crippen LogP contribution in [-0.4, -0.2) is 48.4 Å². The van der Waals surface area contributed by atoms with Gasteiger partial charge in [0.15, 0.2) is 0 Å². The van der Waals surface area contributed by atoms with Crippen LogP contribution in [0.1, 0.15) is 0 Å². The van der Waals surface area contributed by atoms with Crippen LogP contribution in [0.3, 0.4) is 0 Å². The van der Waals surface area contributed by atoms with Crippen LogP contribution in [0.4, 0.5) is 4.79 Å². The number of likely N-dealkylation sites (tertiary alicyclic amines) is 1. The minimum atomic E-state index is -1.02. The van der Waals surface area contributed by atoms with Gasteiger partial charge in [-0.1, -0.05) is 5.11 Å². The molecule has 13 heavy (non-hydrogen) atoms. The normalized spacial score (nSPS) is 27.0. The fourth-order valence-corrected chi connectivity index (χ4v) is 1.32. The van der Waals surface area contributed by atoms with Crippen molar-refractivity contribution >= 4 is 6.09 Å². The second-order valence-electron chi connectivity index (χ2n) is 2.73. The van der Waals surface area contributed by atoms with Crippen LogP contribution < -0.4 is 0 Å². The van der Waals surface area contributed by atoms with Gasteiger partial charge in [-0.3, -0.25) is 0 Å². The fourth-order valence-electron chi connectivity index (χ4n) is 1.32. The van der Waals surface area contributed by atoms with Gasteiger partial charge in [-0.05, 0) is 5.53 Å². The second kappa shape index (κ2) is 3.97. The van der Waals surface area contributed by atoms with E-state index in [-0.39, 0.29) is 19.2 Å². The average Bonchev–Trinajstić information content (AvgIpc) is 2.48. The van der Waals surface area contributed by atoms with Gasteiger partial charge in [0, 0.05) is 18.6 Å². The van der Waals surface area contributed by atoms with Gasteiger partial charge in [0.25, 0.3) is 0 Å². The largest absolute Gasteiger partial charge is 0.465 e. The van der Waals surface area contributed by atoms with Crippen molar-refractivity contribution in [2.24, 2.45) is 5.11 Å². The topological polar surface area (TPSA) is 98.5 Å². The summed E-state index contributed by atoms with van der Waals surface area (Å²) in [7, 11) is 1.47. The molecule has 0 saturated carbocycles. The van der Waals surface area contributed by atoms with Crippen LogP contribution >= 0.6 is 0 Å². The average molecular weight is 186 g/mol. The van der Waals surface area contributed by atoms with E-state index in [0.29, 0.717) is 0 Å². The Bertz CT molecular complexity index is 250. The third-order valence-electron chi connectivity index (χ3n) is 2.01. The molecule has 1 aliphatic heterocycles. The lowest BCUT2D eigenvalue weighted by molar-refractivity contribution is 0.0955. The number of hydrogen-bond donors (Lipinski definition) is 1. The van der Waals surface area contributed by atoms with E-state index < -0.39 is 12.1 Å². The molecule has 1 amide bonds. The third kappa shape index (κ3) is 2.01. The maximum atomic E-state index is 10.5. The lowest BCUT2D eigenvalue weighted by Crippen LogP contribution is -2.28. The van der Waals surface area contributed by atoms with Crippen molar-refractivity contribution in [2.75, 3.05) is 20.2 Å². The number of azide groups is 1. The molecule has 72 valence electrons. The van der Waals surface area contributed by atoms with Crippen LogP contribution in [0.15, 0.2) is 5.11 Å². The molecule has 2 atom stereocenters. The maximum Gasteiger partial charge on any atom is 0.407 e. The Morgan fingerprint density at radius 2 is 2.46 bits per heavy atom. The highest BCUT2D eigenvalue weighted by Crippen LogP contribution is 2.16. The van der Waals surface area contributed by atoms with E-state index in [4.69, 9.17) is 15.4 Å². The van der Waals surface area contributed by atoms with Crippen LogP contribution in [0.2, 0.25) is 0 Å². The zero-order valence-corrected chi connectivity index (χ0v) is 7.12. The lowest BCUT2D eigenvalue weighted by Gasteiger charge is -2.10. The first-order chi connectivity index (χ1) is 6.19. The molecule has 1 rings (SSSR count). The van der Waals surface area contributed by atoms with Crippen molar-refractivity contribution in [3.8, 4) is 0 Å². The maximum absolute atomic E-state index is 10.5. The van der Waals surface area contributed by atoms with Gasteiger partial charge < -0.3 is 14.7 Å². The first-order valence-electron chi connectivity index (χ1n) is 3.74. The quantitative estimate of drug-likeness (QED) is 0.389. The highest BCUT2D eigenvalue weighted by molar-refractivity contribution is 5.65. The van der Waals surface area contributed by atoms with Crippen LogP contribution in [-0.2, 0) is 4.74 Å². The molecule has 0 unspecified atom stereocenters. The summed E-state index contributed by atoms with van der Waals surface area (Å²) in [6.07, 6.45) is -1.34. The predicted octanol–water partition coefficient (Wildman–Crippen LogP) is 0.674. The van der Waals surface area contributed by atoms with E-state index in [0.717, 1.165) is 0 Å². The van der Waals surface area contributed by atoms with E-state index in [2.05, 4.69) is 10.0 Å². The molecule has 7 heteroatoms. The van der Waals surface area contributed by atoms with Crippen molar-refractivity contribution in [1.29, 1.82) is 0 Å². The number of ether oxygens (including phenoxy) is 1. The van der Waals surface area contributed by atoms with Crippen molar-refractivity contribution < 1.29 is 14.6 Å². The number of hydrogen-bond acceptors (Lipinski definition) is 3. The van der Waals surface area contributed by atoms with E-state index in [1.165, 1.54) is 12.0 Å². The summed E-state index contributed by atoms with van der Waals surface area (Å²) in [5, 5.41) is 12.1. The van der Waals surface area contributed by atoms with Gasteiger partial charge >= 0.3 is 6.09 Å². The summed E-state index contributed by atoms with van der Waals surface area (Å²) in [4.78, 5) is 14.4. The SMILES string of the molecule is CO[C@H]1CN(C(=O)O)C[C@@H]1N=[N+]=[N-]. The van der Waals surface area contributed by atoms with Crippen molar-refractivity contribution in [1.82, 2.24) is 4.90 Å². The number of amides is 1. The van der Waals surface area contributed by atoms with Crippen LogP contribution in [0.25, 0.3) is 10.4 Å². The van der Waals surface area contributed by atoms with E-state index in [9.17, 15) is 4.79 Å². The van der Waals surface area contributed by atoms with E-state index >= 15 is 0 Å². The number of rotatable bonds is 2. The van der Waals surface area contributed by atoms with E-state index in [1.54, 1.807) is 0 Å². The molecule has 0 aromatic rings. The van der Waals surface area contributed by atoms with E-state index in [1.807, 2.05) is 0 Å². The molecule has 0 radical (unpaired) electrons. The second-order valence-corrected chi connectivity index (χ2v) is 2.73. The molecule has 7 nitrogen and oxygen atoms in total. The zero-order valence-electron chi connectivity index (χ0n) is 7.12.